The average molecular weight is 541 g/mol. The molecule has 0 radical (unpaired) electrons. The first kappa shape index (κ1) is 27.9. The number of carbonyl (C=O) groups excluding carboxylic acids is 2. The summed E-state index contributed by atoms with van der Waals surface area (Å²) in [7, 11) is 2.30. The summed E-state index contributed by atoms with van der Waals surface area (Å²) in [6.45, 7) is 3.59. The monoisotopic (exact) mass is 540 g/mol. The fourth-order valence-corrected chi connectivity index (χ4v) is 5.81. The van der Waals surface area contributed by atoms with Gasteiger partial charge in [0, 0.05) is 24.5 Å². The van der Waals surface area contributed by atoms with Gasteiger partial charge in [0.1, 0.15) is 0 Å². The van der Waals surface area contributed by atoms with Crippen LogP contribution in [0.25, 0.3) is 0 Å². The number of carbonyl (C=O) groups is 2. The summed E-state index contributed by atoms with van der Waals surface area (Å²) in [5.41, 5.74) is -2.73. The Bertz CT molecular complexity index is 1340. The van der Waals surface area contributed by atoms with Crippen molar-refractivity contribution in [2.75, 3.05) is 14.2 Å². The number of benzene rings is 2. The van der Waals surface area contributed by atoms with Crippen molar-refractivity contribution in [2.45, 2.75) is 44.7 Å². The number of hydrogen-bond acceptors (Lipinski definition) is 10. The lowest BCUT2D eigenvalue weighted by molar-refractivity contribution is -0.391. The Kier molecular flexibility index (Phi) is 7.53. The maximum atomic E-state index is 13.2. The zero-order valence-electron chi connectivity index (χ0n) is 21.8. The summed E-state index contributed by atoms with van der Waals surface area (Å²) >= 11 is 0. The summed E-state index contributed by atoms with van der Waals surface area (Å²) in [5.74, 6) is -2.51. The van der Waals surface area contributed by atoms with E-state index in [4.69, 9.17) is 18.9 Å². The second-order valence-corrected chi connectivity index (χ2v) is 9.87. The molecule has 2 fully saturated rings. The van der Waals surface area contributed by atoms with Crippen molar-refractivity contribution in [3.8, 4) is 0 Å². The first-order chi connectivity index (χ1) is 18.5. The first-order valence-electron chi connectivity index (χ1n) is 12.1. The van der Waals surface area contributed by atoms with E-state index in [1.165, 1.54) is 36.4 Å². The van der Waals surface area contributed by atoms with Crippen molar-refractivity contribution in [3.05, 3.63) is 91.5 Å². The van der Waals surface area contributed by atoms with Crippen molar-refractivity contribution >= 4 is 23.3 Å². The van der Waals surface area contributed by atoms with Crippen LogP contribution in [-0.2, 0) is 28.5 Å². The summed E-state index contributed by atoms with van der Waals surface area (Å²) in [5, 5.41) is 23.9. The van der Waals surface area contributed by atoms with E-state index in [1.807, 2.05) is 0 Å². The Hall–Kier alpha value is -4.16. The van der Waals surface area contributed by atoms with Gasteiger partial charge in [0.25, 0.3) is 11.4 Å². The third-order valence-electron chi connectivity index (χ3n) is 7.25. The molecular weight excluding hydrogens is 512 g/mol. The van der Waals surface area contributed by atoms with E-state index in [0.29, 0.717) is 0 Å². The number of ether oxygens (including phenoxy) is 4. The van der Waals surface area contributed by atoms with Crippen molar-refractivity contribution in [1.29, 1.82) is 0 Å². The van der Waals surface area contributed by atoms with E-state index in [-0.39, 0.29) is 35.3 Å². The van der Waals surface area contributed by atoms with Crippen LogP contribution in [0.3, 0.4) is 0 Å². The number of rotatable bonds is 7. The van der Waals surface area contributed by atoms with Gasteiger partial charge in [0.15, 0.2) is 11.7 Å². The maximum Gasteiger partial charge on any atom is 0.323 e. The zero-order valence-corrected chi connectivity index (χ0v) is 21.8. The molecule has 0 N–H and O–H groups in total. The fourth-order valence-electron chi connectivity index (χ4n) is 5.81. The molecule has 1 saturated heterocycles. The molecule has 0 spiro atoms. The lowest BCUT2D eigenvalue weighted by Crippen LogP contribution is -2.46. The highest BCUT2D eigenvalue weighted by Crippen LogP contribution is 2.62. The number of nitro groups is 2. The van der Waals surface area contributed by atoms with E-state index in [2.05, 4.69) is 0 Å². The van der Waals surface area contributed by atoms with Crippen LogP contribution in [0.15, 0.2) is 60.2 Å². The van der Waals surface area contributed by atoms with Crippen molar-refractivity contribution in [1.82, 2.24) is 0 Å². The number of fused-ring (bicyclic) bond motifs is 1. The Balaban J connectivity index is 2.00. The highest BCUT2D eigenvalue weighted by Gasteiger charge is 2.68. The third kappa shape index (κ3) is 4.77. The second kappa shape index (κ2) is 10.5. The normalized spacial score (nSPS) is 25.2. The van der Waals surface area contributed by atoms with Gasteiger partial charge < -0.3 is 18.9 Å². The third-order valence-corrected chi connectivity index (χ3v) is 7.25. The van der Waals surface area contributed by atoms with E-state index < -0.39 is 51.1 Å². The smallest absolute Gasteiger partial charge is 0.323 e. The van der Waals surface area contributed by atoms with Gasteiger partial charge in [-0.1, -0.05) is 35.9 Å². The van der Waals surface area contributed by atoms with Gasteiger partial charge in [0.05, 0.1) is 46.9 Å². The summed E-state index contributed by atoms with van der Waals surface area (Å²) < 4.78 is 22.9. The Morgan fingerprint density at radius 2 is 1.44 bits per heavy atom. The minimum Gasteiger partial charge on any atom is -0.468 e. The van der Waals surface area contributed by atoms with Crippen LogP contribution in [0, 0.1) is 31.6 Å². The Morgan fingerprint density at radius 1 is 0.923 bits per heavy atom. The molecule has 12 nitrogen and oxygen atoms in total. The molecule has 206 valence electrons. The molecule has 1 aliphatic carbocycles. The molecule has 0 bridgehead atoms. The van der Waals surface area contributed by atoms with Crippen LogP contribution >= 0.6 is 0 Å². The molecule has 2 aliphatic rings. The van der Waals surface area contributed by atoms with E-state index in [9.17, 15) is 29.8 Å². The molecule has 1 saturated carbocycles. The van der Waals surface area contributed by atoms with Crippen molar-refractivity contribution in [3.63, 3.8) is 0 Å². The fraction of sp³-hybridized carbons (Fsp3) is 0.407. The van der Waals surface area contributed by atoms with Gasteiger partial charge in [-0.15, -0.1) is 0 Å². The molecule has 0 aromatic heterocycles. The van der Waals surface area contributed by atoms with Gasteiger partial charge in [0.2, 0.25) is 0 Å². The standard InChI is InChI=1S/C27H28N2O10/c1-16(2)13-27-15-26(24(30)36-3,25(31)37-4)14-19(27)22(17-9-5-7-11-20(17)28(32)33)38-23(39-27)18-10-6-8-12-21(18)29(34)35/h5-13,19,22-23H,14-15H2,1-4H3/t19-,22+,23+,27-/m0/s1. The minimum absolute atomic E-state index is 0.0831. The first-order valence-corrected chi connectivity index (χ1v) is 12.1. The van der Waals surface area contributed by atoms with Crippen molar-refractivity contribution < 1.29 is 38.4 Å². The molecule has 1 aliphatic heterocycles. The molecule has 2 aromatic rings. The molecule has 2 aromatic carbocycles. The highest BCUT2D eigenvalue weighted by molar-refractivity contribution is 6.00. The molecule has 4 rings (SSSR count). The molecular formula is C27H28N2O10. The van der Waals surface area contributed by atoms with Gasteiger partial charge >= 0.3 is 11.9 Å². The highest BCUT2D eigenvalue weighted by atomic mass is 16.7. The van der Waals surface area contributed by atoms with Gasteiger partial charge in [-0.3, -0.25) is 29.8 Å². The summed E-state index contributed by atoms with van der Waals surface area (Å²) in [6.07, 6.45) is -1.13. The topological polar surface area (TPSA) is 157 Å². The predicted molar refractivity (Wildman–Crippen MR) is 135 cm³/mol. The van der Waals surface area contributed by atoms with E-state index in [0.717, 1.165) is 19.8 Å². The predicted octanol–water partition coefficient (Wildman–Crippen LogP) is 4.74. The van der Waals surface area contributed by atoms with Gasteiger partial charge in [-0.25, -0.2) is 0 Å². The van der Waals surface area contributed by atoms with Gasteiger partial charge in [-0.05, 0) is 32.4 Å². The van der Waals surface area contributed by atoms with Crippen LogP contribution in [0.1, 0.15) is 50.2 Å². The van der Waals surface area contributed by atoms with E-state index >= 15 is 0 Å². The molecule has 1 heterocycles. The molecule has 12 heteroatoms. The lowest BCUT2D eigenvalue weighted by atomic mass is 9.80. The molecule has 4 atom stereocenters. The number of allylic oxidation sites excluding steroid dienone is 1. The lowest BCUT2D eigenvalue weighted by Gasteiger charge is -2.46. The maximum absolute atomic E-state index is 13.2. The van der Waals surface area contributed by atoms with Crippen LogP contribution in [-0.4, -0.2) is 41.6 Å². The number of para-hydroxylation sites is 2. The van der Waals surface area contributed by atoms with Crippen LogP contribution in [0.2, 0.25) is 0 Å². The number of esters is 2. The average Bonchev–Trinajstić information content (AvgIpc) is 3.26. The van der Waals surface area contributed by atoms with Crippen LogP contribution in [0.4, 0.5) is 11.4 Å². The Labute approximate surface area is 223 Å². The van der Waals surface area contributed by atoms with Crippen LogP contribution < -0.4 is 0 Å². The minimum atomic E-state index is -1.82. The van der Waals surface area contributed by atoms with Crippen molar-refractivity contribution in [2.24, 2.45) is 11.3 Å². The Morgan fingerprint density at radius 3 is 1.95 bits per heavy atom. The SMILES string of the molecule is COC(=O)C1(C(=O)OC)C[C@H]2[C@@H](c3ccccc3[N+](=O)[O-])O[C@@H](c3ccccc3[N+](=O)[O-])O[C@@]2(C=C(C)C)C1. The zero-order chi connectivity index (χ0) is 28.5. The summed E-state index contributed by atoms with van der Waals surface area (Å²) in [6, 6.07) is 11.8. The summed E-state index contributed by atoms with van der Waals surface area (Å²) in [4.78, 5) is 49.1. The van der Waals surface area contributed by atoms with E-state index in [1.54, 1.807) is 32.1 Å². The van der Waals surface area contributed by atoms with Crippen LogP contribution in [0.5, 0.6) is 0 Å². The number of nitrogens with zero attached hydrogens (tertiary/aromatic N) is 2. The quantitative estimate of drug-likeness (QED) is 0.158. The van der Waals surface area contributed by atoms with Gasteiger partial charge in [-0.2, -0.15) is 0 Å². The molecule has 39 heavy (non-hydrogen) atoms. The number of hydrogen-bond donors (Lipinski definition) is 0. The number of methoxy groups -OCH3 is 2. The second-order valence-electron chi connectivity index (χ2n) is 9.87. The molecule has 0 amide bonds. The molecule has 0 unspecified atom stereocenters. The number of nitro benzene ring substituents is 2. The largest absolute Gasteiger partial charge is 0.468 e.